The van der Waals surface area contributed by atoms with Crippen LogP contribution in [0.4, 0.5) is 11.5 Å². The fourth-order valence-corrected chi connectivity index (χ4v) is 4.28. The van der Waals surface area contributed by atoms with Gasteiger partial charge in [0.25, 0.3) is 5.91 Å². The van der Waals surface area contributed by atoms with Crippen molar-refractivity contribution in [2.45, 2.75) is 37.8 Å². The van der Waals surface area contributed by atoms with Crippen molar-refractivity contribution in [3.8, 4) is 11.3 Å². The van der Waals surface area contributed by atoms with Crippen LogP contribution in [0.1, 0.15) is 37.5 Å². The Bertz CT molecular complexity index is 1040. The Morgan fingerprint density at radius 3 is 2.65 bits per heavy atom. The van der Waals surface area contributed by atoms with E-state index in [2.05, 4.69) is 10.3 Å². The van der Waals surface area contributed by atoms with Crippen LogP contribution in [-0.4, -0.2) is 45.0 Å². The number of ether oxygens (including phenoxy) is 1. The molecule has 1 N–H and O–H groups in total. The number of para-hydroxylation sites is 1. The number of rotatable bonds is 5. The molecule has 1 amide bonds. The number of aromatic nitrogens is 3. The summed E-state index contributed by atoms with van der Waals surface area (Å²) in [4.78, 5) is 28.8. The van der Waals surface area contributed by atoms with E-state index in [-0.39, 0.29) is 18.1 Å². The summed E-state index contributed by atoms with van der Waals surface area (Å²) in [6, 6.07) is 15.6. The summed E-state index contributed by atoms with van der Waals surface area (Å²) in [7, 11) is 0. The first-order chi connectivity index (χ1) is 15.3. The van der Waals surface area contributed by atoms with Gasteiger partial charge >= 0.3 is 0 Å². The molecule has 2 aromatic heterocycles. The second kappa shape index (κ2) is 8.81. The molecule has 4 heterocycles. The number of amides is 1. The largest absolute Gasteiger partial charge is 0.368 e. The first-order valence-electron chi connectivity index (χ1n) is 10.8. The van der Waals surface area contributed by atoms with E-state index in [1.165, 1.54) is 0 Å². The van der Waals surface area contributed by atoms with Gasteiger partial charge in [0.1, 0.15) is 11.9 Å². The Balaban J connectivity index is 1.50. The molecule has 1 aromatic carbocycles. The third-order valence-electron chi connectivity index (χ3n) is 5.80. The third kappa shape index (κ3) is 4.27. The van der Waals surface area contributed by atoms with Crippen LogP contribution in [-0.2, 0) is 9.53 Å². The summed E-state index contributed by atoms with van der Waals surface area (Å²) >= 11 is 0. The van der Waals surface area contributed by atoms with Crippen LogP contribution in [0.25, 0.3) is 11.3 Å². The lowest BCUT2D eigenvalue weighted by Gasteiger charge is -2.26. The maximum absolute atomic E-state index is 13.1. The second-order valence-corrected chi connectivity index (χ2v) is 7.91. The molecule has 31 heavy (non-hydrogen) atoms. The number of anilines is 2. The van der Waals surface area contributed by atoms with Gasteiger partial charge in [0.15, 0.2) is 5.82 Å². The predicted molar refractivity (Wildman–Crippen MR) is 118 cm³/mol. The minimum Gasteiger partial charge on any atom is -0.368 e. The van der Waals surface area contributed by atoms with Gasteiger partial charge in [0.05, 0.1) is 11.7 Å². The van der Waals surface area contributed by atoms with Crippen molar-refractivity contribution < 1.29 is 9.53 Å². The number of nitrogens with zero attached hydrogens (tertiary/aromatic N) is 4. The van der Waals surface area contributed by atoms with Gasteiger partial charge in [-0.05, 0) is 49.9 Å². The molecule has 0 bridgehead atoms. The highest BCUT2D eigenvalue weighted by Crippen LogP contribution is 2.34. The highest BCUT2D eigenvalue weighted by molar-refractivity contribution is 5.82. The van der Waals surface area contributed by atoms with E-state index in [0.717, 1.165) is 42.6 Å². The smallest absolute Gasteiger partial charge is 0.252 e. The van der Waals surface area contributed by atoms with Crippen molar-refractivity contribution in [1.82, 2.24) is 19.9 Å². The fourth-order valence-electron chi connectivity index (χ4n) is 4.28. The van der Waals surface area contributed by atoms with Crippen molar-refractivity contribution in [2.75, 3.05) is 18.5 Å². The second-order valence-electron chi connectivity index (χ2n) is 7.91. The molecule has 0 unspecified atom stereocenters. The summed E-state index contributed by atoms with van der Waals surface area (Å²) in [5, 5.41) is 3.38. The number of likely N-dealkylation sites (tertiary alicyclic amines) is 1. The monoisotopic (exact) mass is 415 g/mol. The summed E-state index contributed by atoms with van der Waals surface area (Å²) in [5.74, 6) is 1.44. The molecule has 2 aliphatic heterocycles. The zero-order chi connectivity index (χ0) is 21.0. The normalized spacial score (nSPS) is 20.7. The van der Waals surface area contributed by atoms with Crippen molar-refractivity contribution in [3.63, 3.8) is 0 Å². The van der Waals surface area contributed by atoms with E-state index in [1.807, 2.05) is 53.4 Å². The lowest BCUT2D eigenvalue weighted by molar-refractivity contribution is -0.142. The van der Waals surface area contributed by atoms with E-state index in [0.29, 0.717) is 24.8 Å². The van der Waals surface area contributed by atoms with E-state index in [1.54, 1.807) is 12.4 Å². The Labute approximate surface area is 181 Å². The van der Waals surface area contributed by atoms with Crippen LogP contribution in [0.5, 0.6) is 0 Å². The average Bonchev–Trinajstić information content (AvgIpc) is 3.52. The van der Waals surface area contributed by atoms with Crippen LogP contribution in [0, 0.1) is 0 Å². The predicted octanol–water partition coefficient (Wildman–Crippen LogP) is 4.12. The van der Waals surface area contributed by atoms with Gasteiger partial charge in [-0.1, -0.05) is 18.2 Å². The lowest BCUT2D eigenvalue weighted by Crippen LogP contribution is -2.39. The van der Waals surface area contributed by atoms with Crippen molar-refractivity contribution in [3.05, 3.63) is 66.7 Å². The maximum Gasteiger partial charge on any atom is 0.252 e. The van der Waals surface area contributed by atoms with Gasteiger partial charge in [-0.3, -0.25) is 9.78 Å². The SMILES string of the molecule is O=C([C@@H]1CCCO1)N1CCC[C@H]1c1nc(Nc2ccccc2)cc(-c2ccncc2)n1. The highest BCUT2D eigenvalue weighted by atomic mass is 16.5. The van der Waals surface area contributed by atoms with Crippen LogP contribution in [0.3, 0.4) is 0 Å². The summed E-state index contributed by atoms with van der Waals surface area (Å²) < 4.78 is 5.66. The molecule has 2 atom stereocenters. The first kappa shape index (κ1) is 19.6. The molecule has 0 radical (unpaired) electrons. The zero-order valence-corrected chi connectivity index (χ0v) is 17.3. The van der Waals surface area contributed by atoms with Gasteiger partial charge < -0.3 is 15.0 Å². The van der Waals surface area contributed by atoms with Gasteiger partial charge in [-0.2, -0.15) is 0 Å². The molecule has 2 aliphatic rings. The summed E-state index contributed by atoms with van der Waals surface area (Å²) in [5.41, 5.74) is 2.72. The van der Waals surface area contributed by atoms with Crippen molar-refractivity contribution in [1.29, 1.82) is 0 Å². The standard InChI is InChI=1S/C24H25N5O2/c30-24(21-9-5-15-31-21)29-14-4-8-20(29)23-27-19(17-10-12-25-13-11-17)16-22(28-23)26-18-6-2-1-3-7-18/h1-3,6-7,10-13,16,20-21H,4-5,8-9,14-15H2,(H,26,27,28)/t20-,21-/m0/s1. The maximum atomic E-state index is 13.1. The molecular formula is C24H25N5O2. The number of hydrogen-bond donors (Lipinski definition) is 1. The Hall–Kier alpha value is -3.32. The van der Waals surface area contributed by atoms with Crippen molar-refractivity contribution in [2.24, 2.45) is 0 Å². The molecule has 158 valence electrons. The molecule has 7 nitrogen and oxygen atoms in total. The molecule has 2 saturated heterocycles. The summed E-state index contributed by atoms with van der Waals surface area (Å²) in [6.07, 6.45) is 6.70. The van der Waals surface area contributed by atoms with E-state index in [4.69, 9.17) is 14.7 Å². The van der Waals surface area contributed by atoms with Gasteiger partial charge in [-0.15, -0.1) is 0 Å². The molecule has 3 aromatic rings. The van der Waals surface area contributed by atoms with Crippen LogP contribution in [0.2, 0.25) is 0 Å². The number of pyridine rings is 1. The number of carbonyl (C=O) groups excluding carboxylic acids is 1. The Morgan fingerprint density at radius 1 is 1.03 bits per heavy atom. The minimum atomic E-state index is -0.328. The van der Waals surface area contributed by atoms with Crippen LogP contribution in [0.15, 0.2) is 60.9 Å². The van der Waals surface area contributed by atoms with Crippen LogP contribution < -0.4 is 5.32 Å². The van der Waals surface area contributed by atoms with Gasteiger partial charge in [0.2, 0.25) is 0 Å². The number of carbonyl (C=O) groups is 1. The quantitative estimate of drug-likeness (QED) is 0.675. The molecule has 0 saturated carbocycles. The summed E-state index contributed by atoms with van der Waals surface area (Å²) in [6.45, 7) is 1.38. The van der Waals surface area contributed by atoms with Crippen molar-refractivity contribution >= 4 is 17.4 Å². The zero-order valence-electron chi connectivity index (χ0n) is 17.3. The molecule has 7 heteroatoms. The number of hydrogen-bond acceptors (Lipinski definition) is 6. The Morgan fingerprint density at radius 2 is 1.87 bits per heavy atom. The molecule has 0 spiro atoms. The van der Waals surface area contributed by atoms with Crippen LogP contribution >= 0.6 is 0 Å². The number of nitrogens with one attached hydrogen (secondary N) is 1. The topological polar surface area (TPSA) is 80.2 Å². The molecule has 5 rings (SSSR count). The third-order valence-corrected chi connectivity index (χ3v) is 5.80. The minimum absolute atomic E-state index is 0.0653. The van der Waals surface area contributed by atoms with Gasteiger partial charge in [0, 0.05) is 42.9 Å². The first-order valence-corrected chi connectivity index (χ1v) is 10.8. The Kier molecular flexibility index (Phi) is 5.58. The molecular weight excluding hydrogens is 390 g/mol. The molecule has 2 fully saturated rings. The molecule has 0 aliphatic carbocycles. The average molecular weight is 415 g/mol. The fraction of sp³-hybridized carbons (Fsp3) is 0.333. The highest BCUT2D eigenvalue weighted by Gasteiger charge is 2.37. The van der Waals surface area contributed by atoms with E-state index >= 15 is 0 Å². The number of benzene rings is 1. The lowest BCUT2D eigenvalue weighted by atomic mass is 10.1. The van der Waals surface area contributed by atoms with E-state index < -0.39 is 0 Å². The van der Waals surface area contributed by atoms with Gasteiger partial charge in [-0.25, -0.2) is 9.97 Å². The van der Waals surface area contributed by atoms with E-state index in [9.17, 15) is 4.79 Å².